The Kier molecular flexibility index (Phi) is 26.7. The van der Waals surface area contributed by atoms with E-state index < -0.39 is 18.4 Å². The van der Waals surface area contributed by atoms with E-state index in [1.807, 2.05) is 0 Å². The van der Waals surface area contributed by atoms with Gasteiger partial charge in [0, 0.05) is 0 Å². The van der Waals surface area contributed by atoms with Gasteiger partial charge in [-0.15, -0.1) is 0 Å². The number of carbonyl (C=O) groups is 2. The maximum atomic E-state index is 10.9. The maximum Gasteiger partial charge on any atom is 1.00 e. The van der Waals surface area contributed by atoms with Gasteiger partial charge in [0.25, 0.3) is 0 Å². The predicted molar refractivity (Wildman–Crippen MR) is 77.3 cm³/mol. The van der Waals surface area contributed by atoms with Gasteiger partial charge in [0.2, 0.25) is 0 Å². The van der Waals surface area contributed by atoms with Crippen LogP contribution in [0, 0.1) is 0 Å². The molecule has 0 aromatic carbocycles. The smallest absolute Gasteiger partial charge is 1.00 e. The summed E-state index contributed by atoms with van der Waals surface area (Å²) in [6.45, 7) is 2.58. The van der Waals surface area contributed by atoms with E-state index in [-0.39, 0.29) is 62.0 Å². The molecule has 0 atom stereocenters. The van der Waals surface area contributed by atoms with Crippen molar-refractivity contribution in [2.45, 2.75) is 77.6 Å². The van der Waals surface area contributed by atoms with Gasteiger partial charge in [0.1, 0.15) is 6.42 Å². The number of hydrogen-bond acceptors (Lipinski definition) is 3. The van der Waals surface area contributed by atoms with Crippen molar-refractivity contribution in [2.75, 3.05) is 6.61 Å². The zero-order valence-corrected chi connectivity index (χ0v) is 18.2. The van der Waals surface area contributed by atoms with Gasteiger partial charge in [-0.3, -0.25) is 9.59 Å². The van der Waals surface area contributed by atoms with Gasteiger partial charge in [0.05, 0.1) is 6.61 Å². The van der Waals surface area contributed by atoms with E-state index in [0.717, 1.165) is 12.8 Å². The first-order chi connectivity index (χ1) is 9.16. The number of carboxylic acid groups (broad SMARTS) is 1. The summed E-state index contributed by atoms with van der Waals surface area (Å²) in [6, 6.07) is 0. The summed E-state index contributed by atoms with van der Waals surface area (Å²) >= 11 is 0. The Labute approximate surface area is 176 Å². The number of hydrogen-bond donors (Lipinski definition) is 1. The molecule has 0 radical (unpaired) electrons. The van der Waals surface area contributed by atoms with Gasteiger partial charge in [0.15, 0.2) is 0 Å². The summed E-state index contributed by atoms with van der Waals surface area (Å²) < 4.78 is 4.81. The molecular weight excluding hydrogens is 290 g/mol. The van der Waals surface area contributed by atoms with Crippen molar-refractivity contribution in [3.8, 4) is 0 Å². The molecule has 0 saturated heterocycles. The summed E-state index contributed by atoms with van der Waals surface area (Å²) in [6.07, 6.45) is 11.7. The second-order valence-electron chi connectivity index (χ2n) is 4.97. The molecule has 0 aliphatic rings. The molecule has 0 aromatic heterocycles. The molecule has 0 fully saturated rings. The van der Waals surface area contributed by atoms with Crippen LogP contribution in [0.5, 0.6) is 0 Å². The molecule has 0 aliphatic heterocycles. The largest absolute Gasteiger partial charge is 1.00 e. The number of ether oxygens (including phenoxy) is 1. The van der Waals surface area contributed by atoms with Crippen LogP contribution in [0.3, 0.4) is 0 Å². The Balaban J connectivity index is -0.000000270. The fraction of sp³-hybridized carbons (Fsp3) is 0.867. The third-order valence-corrected chi connectivity index (χ3v) is 3.06. The molecule has 0 amide bonds. The minimum Gasteiger partial charge on any atom is -1.00 e. The predicted octanol–water partition coefficient (Wildman–Crippen LogP) is -1.84. The van der Waals surface area contributed by atoms with Crippen molar-refractivity contribution in [3.05, 3.63) is 0 Å². The van der Waals surface area contributed by atoms with E-state index in [1.165, 1.54) is 51.4 Å². The van der Waals surface area contributed by atoms with Crippen LogP contribution in [0.1, 0.15) is 80.4 Å². The van der Waals surface area contributed by atoms with Crippen molar-refractivity contribution in [1.29, 1.82) is 0 Å². The van der Waals surface area contributed by atoms with Crippen LogP contribution in [-0.2, 0) is 14.3 Å². The van der Waals surface area contributed by atoms with E-state index in [0.29, 0.717) is 6.61 Å². The normalized spacial score (nSPS) is 9.38. The topological polar surface area (TPSA) is 63.6 Å². The molecule has 0 saturated carbocycles. The molecule has 4 nitrogen and oxygen atoms in total. The Bertz CT molecular complexity index is 258. The molecule has 0 rings (SSSR count). The van der Waals surface area contributed by atoms with Crippen molar-refractivity contribution in [1.82, 2.24) is 0 Å². The van der Waals surface area contributed by atoms with E-state index >= 15 is 0 Å². The quantitative estimate of drug-likeness (QED) is 0.187. The second-order valence-corrected chi connectivity index (χ2v) is 4.97. The SMILES string of the molecule is CCCCCCCCCCCCOC(=O)CC(=O)O.[H-].[H-].[Na+].[Na+]. The van der Waals surface area contributed by atoms with Gasteiger partial charge in [-0.25, -0.2) is 0 Å². The van der Waals surface area contributed by atoms with Crippen LogP contribution in [-0.4, -0.2) is 23.7 Å². The minimum absolute atomic E-state index is 0. The minimum atomic E-state index is -1.13. The summed E-state index contributed by atoms with van der Waals surface area (Å²) in [5.74, 6) is -1.77. The first-order valence-electron chi connectivity index (χ1n) is 7.54. The number of rotatable bonds is 13. The molecule has 116 valence electrons. The molecule has 0 aliphatic carbocycles. The monoisotopic (exact) mass is 320 g/mol. The standard InChI is InChI=1S/C15H28O4.2Na.2H/c1-2-3-4-5-6-7-8-9-10-11-12-19-15(18)13-14(16)17;;;;/h2-13H2,1H3,(H,16,17);;;;/q;2*+1;2*-1. The van der Waals surface area contributed by atoms with Gasteiger partial charge < -0.3 is 12.7 Å². The van der Waals surface area contributed by atoms with Gasteiger partial charge in [-0.05, 0) is 6.42 Å². The van der Waals surface area contributed by atoms with E-state index in [1.54, 1.807) is 0 Å². The third-order valence-electron chi connectivity index (χ3n) is 3.06. The van der Waals surface area contributed by atoms with Crippen molar-refractivity contribution >= 4 is 11.9 Å². The van der Waals surface area contributed by atoms with Crippen LogP contribution in [0.15, 0.2) is 0 Å². The molecule has 0 heterocycles. The second kappa shape index (κ2) is 20.9. The average molecular weight is 320 g/mol. The number of esters is 1. The molecule has 0 spiro atoms. The first kappa shape index (κ1) is 26.8. The van der Waals surface area contributed by atoms with E-state index in [2.05, 4.69) is 6.92 Å². The molecule has 6 heteroatoms. The van der Waals surface area contributed by atoms with Gasteiger partial charge in [-0.2, -0.15) is 0 Å². The molecule has 21 heavy (non-hydrogen) atoms. The average Bonchev–Trinajstić information content (AvgIpc) is 2.35. The van der Waals surface area contributed by atoms with Gasteiger partial charge in [-0.1, -0.05) is 64.7 Å². The van der Waals surface area contributed by atoms with Crippen molar-refractivity contribution in [3.63, 3.8) is 0 Å². The van der Waals surface area contributed by atoms with Crippen LogP contribution in [0.4, 0.5) is 0 Å². The van der Waals surface area contributed by atoms with Crippen LogP contribution < -0.4 is 59.1 Å². The summed E-state index contributed by atoms with van der Waals surface area (Å²) in [4.78, 5) is 21.1. The fourth-order valence-electron chi connectivity index (χ4n) is 1.95. The summed E-state index contributed by atoms with van der Waals surface area (Å²) in [7, 11) is 0. The summed E-state index contributed by atoms with van der Waals surface area (Å²) in [5, 5.41) is 8.36. The molecule has 0 unspecified atom stereocenters. The van der Waals surface area contributed by atoms with Gasteiger partial charge >= 0.3 is 71.1 Å². The number of aliphatic carboxylic acids is 1. The Morgan fingerprint density at radius 2 is 1.29 bits per heavy atom. The molecule has 0 bridgehead atoms. The van der Waals surface area contributed by atoms with E-state index in [9.17, 15) is 9.59 Å². The van der Waals surface area contributed by atoms with Crippen molar-refractivity contribution in [2.24, 2.45) is 0 Å². The molecule has 0 aromatic rings. The zero-order valence-electron chi connectivity index (χ0n) is 16.2. The number of carbonyl (C=O) groups excluding carboxylic acids is 1. The Morgan fingerprint density at radius 1 is 0.857 bits per heavy atom. The fourth-order valence-corrected chi connectivity index (χ4v) is 1.95. The molecular formula is C15H30Na2O4. The summed E-state index contributed by atoms with van der Waals surface area (Å²) in [5.41, 5.74) is 0. The Hall–Kier alpha value is 0.940. The van der Waals surface area contributed by atoms with Crippen LogP contribution in [0.25, 0.3) is 0 Å². The third kappa shape index (κ3) is 23.3. The Morgan fingerprint density at radius 3 is 1.71 bits per heavy atom. The first-order valence-corrected chi connectivity index (χ1v) is 7.54. The molecule has 1 N–H and O–H groups in total. The van der Waals surface area contributed by atoms with E-state index in [4.69, 9.17) is 9.84 Å². The van der Waals surface area contributed by atoms with Crippen molar-refractivity contribution < 1.29 is 81.4 Å². The maximum absolute atomic E-state index is 10.9. The number of unbranched alkanes of at least 4 members (excludes halogenated alkanes) is 9. The zero-order chi connectivity index (χ0) is 14.3. The van der Waals surface area contributed by atoms with Crippen LogP contribution in [0.2, 0.25) is 0 Å². The van der Waals surface area contributed by atoms with Crippen LogP contribution >= 0.6 is 0 Å². The number of carboxylic acids is 1.